The SMILES string of the molecule is CCCCOC(=O)C1(C(C)(C)C(C)(C)CCC(C)(C)C)OO1. The molecule has 0 aromatic rings. The van der Waals surface area contributed by atoms with Gasteiger partial charge in [0.15, 0.2) is 0 Å². The van der Waals surface area contributed by atoms with Gasteiger partial charge in [-0.25, -0.2) is 4.79 Å². The monoisotopic (exact) mass is 314 g/mol. The standard InChI is InChI=1S/C18H34O4/c1-9-10-13-20-14(19)18(21-22-18)17(7,8)16(5,6)12-11-15(2,3)4/h9-13H2,1-8H3. The molecule has 0 unspecified atom stereocenters. The molecule has 0 aromatic heterocycles. The van der Waals surface area contributed by atoms with Crippen LogP contribution in [0.15, 0.2) is 0 Å². The van der Waals surface area contributed by atoms with Gasteiger partial charge in [0.1, 0.15) is 0 Å². The fraction of sp³-hybridized carbons (Fsp3) is 0.944. The minimum Gasteiger partial charge on any atom is -0.462 e. The molecule has 130 valence electrons. The lowest BCUT2D eigenvalue weighted by atomic mass is 9.60. The zero-order chi connectivity index (χ0) is 17.2. The first-order chi connectivity index (χ1) is 9.90. The fourth-order valence-electron chi connectivity index (χ4n) is 2.42. The van der Waals surface area contributed by atoms with Gasteiger partial charge in [0.25, 0.3) is 0 Å². The van der Waals surface area contributed by atoms with Crippen molar-refractivity contribution in [3.05, 3.63) is 0 Å². The Morgan fingerprint density at radius 1 is 1.00 bits per heavy atom. The van der Waals surface area contributed by atoms with Gasteiger partial charge in [0, 0.05) is 5.41 Å². The molecule has 1 aliphatic heterocycles. The number of ether oxygens (including phenoxy) is 1. The zero-order valence-electron chi connectivity index (χ0n) is 15.7. The number of hydrogen-bond donors (Lipinski definition) is 0. The van der Waals surface area contributed by atoms with Crippen LogP contribution >= 0.6 is 0 Å². The number of carbonyl (C=O) groups is 1. The molecule has 0 saturated carbocycles. The van der Waals surface area contributed by atoms with Crippen molar-refractivity contribution >= 4 is 5.97 Å². The molecule has 0 N–H and O–H groups in total. The van der Waals surface area contributed by atoms with Crippen molar-refractivity contribution in [2.24, 2.45) is 16.2 Å². The predicted octanol–water partition coefficient (Wildman–Crippen LogP) is 4.87. The van der Waals surface area contributed by atoms with E-state index in [1.165, 1.54) is 0 Å². The first-order valence-corrected chi connectivity index (χ1v) is 8.44. The normalized spacial score (nSPS) is 18.2. The molecule has 1 aliphatic rings. The third-order valence-corrected chi connectivity index (χ3v) is 5.26. The summed E-state index contributed by atoms with van der Waals surface area (Å²) in [5.41, 5.74) is -0.345. The molecule has 0 atom stereocenters. The number of carbonyl (C=O) groups excluding carboxylic acids is 1. The van der Waals surface area contributed by atoms with Crippen molar-refractivity contribution in [2.45, 2.75) is 86.9 Å². The largest absolute Gasteiger partial charge is 0.462 e. The second kappa shape index (κ2) is 6.48. The maximum Gasteiger partial charge on any atom is 0.373 e. The highest BCUT2D eigenvalue weighted by atomic mass is 17.4. The average molecular weight is 314 g/mol. The Labute approximate surface area is 135 Å². The van der Waals surface area contributed by atoms with E-state index in [4.69, 9.17) is 14.5 Å². The van der Waals surface area contributed by atoms with Crippen LogP contribution in [0, 0.1) is 16.2 Å². The lowest BCUT2D eigenvalue weighted by Crippen LogP contribution is -2.50. The fourth-order valence-corrected chi connectivity index (χ4v) is 2.42. The van der Waals surface area contributed by atoms with E-state index in [-0.39, 0.29) is 10.8 Å². The molecule has 1 fully saturated rings. The van der Waals surface area contributed by atoms with Crippen molar-refractivity contribution in [1.29, 1.82) is 0 Å². The van der Waals surface area contributed by atoms with Crippen LogP contribution in [0.3, 0.4) is 0 Å². The zero-order valence-corrected chi connectivity index (χ0v) is 15.7. The molecule has 1 rings (SSSR count). The Morgan fingerprint density at radius 2 is 1.55 bits per heavy atom. The first-order valence-electron chi connectivity index (χ1n) is 8.44. The minimum absolute atomic E-state index is 0.124. The van der Waals surface area contributed by atoms with Gasteiger partial charge in [0.2, 0.25) is 0 Å². The van der Waals surface area contributed by atoms with Crippen LogP contribution in [0.5, 0.6) is 0 Å². The molecule has 0 radical (unpaired) electrons. The summed E-state index contributed by atoms with van der Waals surface area (Å²) in [6.45, 7) is 17.6. The molecule has 1 heterocycles. The Hall–Kier alpha value is -0.610. The predicted molar refractivity (Wildman–Crippen MR) is 87.0 cm³/mol. The van der Waals surface area contributed by atoms with E-state index < -0.39 is 17.2 Å². The van der Waals surface area contributed by atoms with Crippen LogP contribution in [0.25, 0.3) is 0 Å². The third-order valence-electron chi connectivity index (χ3n) is 5.26. The van der Waals surface area contributed by atoms with Crippen molar-refractivity contribution in [3.63, 3.8) is 0 Å². The van der Waals surface area contributed by atoms with Crippen LogP contribution in [-0.4, -0.2) is 18.4 Å². The van der Waals surface area contributed by atoms with Crippen LogP contribution < -0.4 is 0 Å². The second-order valence-corrected chi connectivity index (χ2v) is 8.84. The van der Waals surface area contributed by atoms with Gasteiger partial charge >= 0.3 is 11.8 Å². The van der Waals surface area contributed by atoms with Crippen LogP contribution in [0.1, 0.15) is 81.1 Å². The molecule has 0 aromatic carbocycles. The summed E-state index contributed by atoms with van der Waals surface area (Å²) in [6, 6.07) is 0. The highest BCUT2D eigenvalue weighted by Gasteiger charge is 2.72. The van der Waals surface area contributed by atoms with E-state index in [2.05, 4.69) is 41.5 Å². The Morgan fingerprint density at radius 3 is 1.95 bits per heavy atom. The van der Waals surface area contributed by atoms with E-state index in [9.17, 15) is 4.79 Å². The number of unbranched alkanes of at least 4 members (excludes halogenated alkanes) is 1. The van der Waals surface area contributed by atoms with E-state index >= 15 is 0 Å². The summed E-state index contributed by atoms with van der Waals surface area (Å²) in [4.78, 5) is 22.8. The van der Waals surface area contributed by atoms with Crippen molar-refractivity contribution < 1.29 is 19.3 Å². The lowest BCUT2D eigenvalue weighted by Gasteiger charge is -2.43. The summed E-state index contributed by atoms with van der Waals surface area (Å²) < 4.78 is 5.35. The van der Waals surface area contributed by atoms with Gasteiger partial charge in [-0.05, 0) is 30.1 Å². The number of hydrogen-bond acceptors (Lipinski definition) is 4. The molecule has 0 spiro atoms. The van der Waals surface area contributed by atoms with E-state index in [0.717, 1.165) is 25.7 Å². The van der Waals surface area contributed by atoms with Gasteiger partial charge in [-0.1, -0.05) is 61.8 Å². The van der Waals surface area contributed by atoms with Crippen LogP contribution in [0.2, 0.25) is 0 Å². The van der Waals surface area contributed by atoms with E-state index in [1.54, 1.807) is 0 Å². The molecular formula is C18H34O4. The molecule has 1 saturated heterocycles. The van der Waals surface area contributed by atoms with Gasteiger partial charge in [-0.2, -0.15) is 9.78 Å². The smallest absolute Gasteiger partial charge is 0.373 e. The van der Waals surface area contributed by atoms with E-state index in [1.807, 2.05) is 13.8 Å². The van der Waals surface area contributed by atoms with Crippen molar-refractivity contribution in [1.82, 2.24) is 0 Å². The molecule has 4 nitrogen and oxygen atoms in total. The van der Waals surface area contributed by atoms with Crippen LogP contribution in [0.4, 0.5) is 0 Å². The summed E-state index contributed by atoms with van der Waals surface area (Å²) in [6.07, 6.45) is 3.91. The topological polar surface area (TPSA) is 51.4 Å². The number of rotatable bonds is 8. The summed E-state index contributed by atoms with van der Waals surface area (Å²) in [5, 5.41) is 0. The second-order valence-electron chi connectivity index (χ2n) is 8.84. The summed E-state index contributed by atoms with van der Waals surface area (Å²) in [5.74, 6) is -1.64. The van der Waals surface area contributed by atoms with Crippen molar-refractivity contribution in [3.8, 4) is 0 Å². The van der Waals surface area contributed by atoms with Gasteiger partial charge in [-0.15, -0.1) is 0 Å². The average Bonchev–Trinajstić information content (AvgIpc) is 3.17. The van der Waals surface area contributed by atoms with Gasteiger partial charge in [-0.3, -0.25) is 0 Å². The van der Waals surface area contributed by atoms with Crippen LogP contribution in [-0.2, 0) is 19.3 Å². The van der Waals surface area contributed by atoms with Gasteiger partial charge in [0.05, 0.1) is 6.61 Å². The molecule has 22 heavy (non-hydrogen) atoms. The molecular weight excluding hydrogens is 280 g/mol. The Balaban J connectivity index is 2.80. The number of esters is 1. The molecule has 0 aliphatic carbocycles. The summed E-state index contributed by atoms with van der Waals surface area (Å²) in [7, 11) is 0. The maximum atomic E-state index is 12.4. The third kappa shape index (κ3) is 4.02. The molecule has 4 heteroatoms. The first kappa shape index (κ1) is 19.4. The quantitative estimate of drug-likeness (QED) is 0.278. The maximum absolute atomic E-state index is 12.4. The molecule has 0 amide bonds. The Kier molecular flexibility index (Phi) is 5.73. The van der Waals surface area contributed by atoms with Crippen molar-refractivity contribution in [2.75, 3.05) is 6.61 Å². The van der Waals surface area contributed by atoms with Gasteiger partial charge < -0.3 is 4.74 Å². The Bertz CT molecular complexity index is 386. The van der Waals surface area contributed by atoms with E-state index in [0.29, 0.717) is 6.61 Å². The highest BCUT2D eigenvalue weighted by molar-refractivity contribution is 5.80. The molecule has 0 bridgehead atoms. The summed E-state index contributed by atoms with van der Waals surface area (Å²) >= 11 is 0. The highest BCUT2D eigenvalue weighted by Crippen LogP contribution is 2.58. The minimum atomic E-state index is -1.25. The lowest BCUT2D eigenvalue weighted by molar-refractivity contribution is -0.162.